The summed E-state index contributed by atoms with van der Waals surface area (Å²) in [6, 6.07) is 2.74. The van der Waals surface area contributed by atoms with Crippen LogP contribution in [-0.4, -0.2) is 72.7 Å². The molecule has 0 bridgehead atoms. The lowest BCUT2D eigenvalue weighted by atomic mass is 10.2. The number of aromatic amines is 1. The van der Waals surface area contributed by atoms with Gasteiger partial charge in [-0.2, -0.15) is 0 Å². The van der Waals surface area contributed by atoms with Crippen LogP contribution in [0.25, 0.3) is 0 Å². The second-order valence-corrected chi connectivity index (χ2v) is 8.67. The molecule has 1 N–H and O–H groups in total. The highest BCUT2D eigenvalue weighted by atomic mass is 32.2. The Morgan fingerprint density at radius 2 is 1.72 bits per heavy atom. The molecular formula is C16H23N3O5S. The molecule has 138 valence electrons. The Balaban J connectivity index is 1.90. The number of rotatable bonds is 5. The minimum atomic E-state index is -3.41. The van der Waals surface area contributed by atoms with Crippen LogP contribution in [-0.2, 0) is 14.6 Å². The minimum Gasteiger partial charge on any atom is -0.338 e. The molecule has 0 aliphatic carbocycles. The molecule has 2 rings (SSSR count). The Bertz CT molecular complexity index is 772. The zero-order valence-electron chi connectivity index (χ0n) is 14.4. The standard InChI is InChI=1S/C16H23N3O5S/c1-12(2)10-25(23,24)11-15(21)18-5-7-19(8-6-18)16(22)13-3-4-14(20)17-9-13/h3-4,9,12H,5-8,10-11H2,1-2H3,(H,17,20). The van der Waals surface area contributed by atoms with Crippen molar-refractivity contribution in [2.24, 2.45) is 5.92 Å². The van der Waals surface area contributed by atoms with Gasteiger partial charge < -0.3 is 14.8 Å². The van der Waals surface area contributed by atoms with E-state index in [0.29, 0.717) is 31.7 Å². The molecule has 9 heteroatoms. The minimum absolute atomic E-state index is 0.0105. The molecule has 0 radical (unpaired) electrons. The zero-order valence-corrected chi connectivity index (χ0v) is 15.2. The molecule has 8 nitrogen and oxygen atoms in total. The maximum Gasteiger partial charge on any atom is 0.255 e. The lowest BCUT2D eigenvalue weighted by Crippen LogP contribution is -2.52. The molecule has 1 aliphatic heterocycles. The summed E-state index contributed by atoms with van der Waals surface area (Å²) >= 11 is 0. The summed E-state index contributed by atoms with van der Waals surface area (Å²) in [7, 11) is -3.41. The number of hydrogen-bond acceptors (Lipinski definition) is 5. The van der Waals surface area contributed by atoms with Gasteiger partial charge in [-0.05, 0) is 12.0 Å². The van der Waals surface area contributed by atoms with Gasteiger partial charge in [0.25, 0.3) is 5.91 Å². The number of nitrogens with one attached hydrogen (secondary N) is 1. The number of nitrogens with zero attached hydrogens (tertiary/aromatic N) is 2. The van der Waals surface area contributed by atoms with E-state index in [4.69, 9.17) is 0 Å². The van der Waals surface area contributed by atoms with Crippen LogP contribution < -0.4 is 5.56 Å². The maximum atomic E-state index is 12.3. The van der Waals surface area contributed by atoms with Crippen molar-refractivity contribution in [3.05, 3.63) is 34.2 Å². The third kappa shape index (κ3) is 5.42. The highest BCUT2D eigenvalue weighted by Crippen LogP contribution is 2.09. The Hall–Kier alpha value is -2.16. The van der Waals surface area contributed by atoms with Gasteiger partial charge in [0.2, 0.25) is 11.5 Å². The topological polar surface area (TPSA) is 108 Å². The lowest BCUT2D eigenvalue weighted by Gasteiger charge is -2.34. The van der Waals surface area contributed by atoms with E-state index in [9.17, 15) is 22.8 Å². The number of piperazine rings is 1. The first-order valence-corrected chi connectivity index (χ1v) is 9.96. The third-order valence-electron chi connectivity index (χ3n) is 3.88. The fourth-order valence-electron chi connectivity index (χ4n) is 2.73. The monoisotopic (exact) mass is 369 g/mol. The van der Waals surface area contributed by atoms with Crippen molar-refractivity contribution < 1.29 is 18.0 Å². The first-order valence-electron chi connectivity index (χ1n) is 8.14. The molecule has 2 heterocycles. The van der Waals surface area contributed by atoms with Crippen LogP contribution in [0.15, 0.2) is 23.1 Å². The summed E-state index contributed by atoms with van der Waals surface area (Å²) in [5.41, 5.74) is 0.0912. The van der Waals surface area contributed by atoms with Crippen LogP contribution >= 0.6 is 0 Å². The summed E-state index contributed by atoms with van der Waals surface area (Å²) in [6.45, 7) is 4.84. The van der Waals surface area contributed by atoms with Gasteiger partial charge >= 0.3 is 0 Å². The Labute approximate surface area is 146 Å². The van der Waals surface area contributed by atoms with Crippen molar-refractivity contribution in [2.45, 2.75) is 13.8 Å². The molecule has 25 heavy (non-hydrogen) atoms. The Kier molecular flexibility index (Phi) is 5.99. The predicted molar refractivity (Wildman–Crippen MR) is 93.0 cm³/mol. The third-order valence-corrected chi connectivity index (χ3v) is 5.74. The second-order valence-electron chi connectivity index (χ2n) is 6.56. The average molecular weight is 369 g/mol. The highest BCUT2D eigenvalue weighted by molar-refractivity contribution is 7.92. The van der Waals surface area contributed by atoms with Crippen molar-refractivity contribution in [2.75, 3.05) is 37.7 Å². The van der Waals surface area contributed by atoms with Gasteiger partial charge in [0, 0.05) is 38.4 Å². The number of carbonyl (C=O) groups excluding carboxylic acids is 2. The zero-order chi connectivity index (χ0) is 18.6. The number of amides is 2. The highest BCUT2D eigenvalue weighted by Gasteiger charge is 2.27. The number of pyridine rings is 1. The molecule has 1 aromatic heterocycles. The van der Waals surface area contributed by atoms with Gasteiger partial charge in [-0.25, -0.2) is 8.42 Å². The van der Waals surface area contributed by atoms with Gasteiger partial charge in [0.15, 0.2) is 9.84 Å². The number of carbonyl (C=O) groups is 2. The molecule has 0 atom stereocenters. The van der Waals surface area contributed by atoms with Gasteiger partial charge in [-0.15, -0.1) is 0 Å². The van der Waals surface area contributed by atoms with Crippen LogP contribution in [0, 0.1) is 5.92 Å². The van der Waals surface area contributed by atoms with Crippen LogP contribution in [0.2, 0.25) is 0 Å². The predicted octanol–water partition coefficient (Wildman–Crippen LogP) is -0.270. The first kappa shape index (κ1) is 19.2. The summed E-state index contributed by atoms with van der Waals surface area (Å²) in [4.78, 5) is 41.1. The average Bonchev–Trinajstić information content (AvgIpc) is 2.53. The summed E-state index contributed by atoms with van der Waals surface area (Å²) in [5.74, 6) is -1.17. The van der Waals surface area contributed by atoms with Gasteiger partial charge in [-0.3, -0.25) is 14.4 Å². The number of hydrogen-bond donors (Lipinski definition) is 1. The van der Waals surface area contributed by atoms with E-state index < -0.39 is 21.5 Å². The van der Waals surface area contributed by atoms with E-state index in [1.807, 2.05) is 0 Å². The normalized spacial score (nSPS) is 15.5. The van der Waals surface area contributed by atoms with Gasteiger partial charge in [-0.1, -0.05) is 13.8 Å². The molecule has 0 aromatic carbocycles. The molecule has 1 aromatic rings. The van der Waals surface area contributed by atoms with E-state index >= 15 is 0 Å². The van der Waals surface area contributed by atoms with Gasteiger partial charge in [0.05, 0.1) is 11.3 Å². The van der Waals surface area contributed by atoms with Gasteiger partial charge in [0.1, 0.15) is 5.75 Å². The summed E-state index contributed by atoms with van der Waals surface area (Å²) in [6.07, 6.45) is 1.36. The Morgan fingerprint density at radius 3 is 2.24 bits per heavy atom. The summed E-state index contributed by atoms with van der Waals surface area (Å²) < 4.78 is 23.9. The largest absolute Gasteiger partial charge is 0.338 e. The summed E-state index contributed by atoms with van der Waals surface area (Å²) in [5, 5.41) is 0. The number of aromatic nitrogens is 1. The van der Waals surface area contributed by atoms with E-state index in [-0.39, 0.29) is 23.1 Å². The fraction of sp³-hybridized carbons (Fsp3) is 0.562. The molecule has 1 saturated heterocycles. The number of sulfone groups is 1. The van der Waals surface area contributed by atoms with Crippen molar-refractivity contribution in [1.82, 2.24) is 14.8 Å². The lowest BCUT2D eigenvalue weighted by molar-refractivity contribution is -0.129. The van der Waals surface area contributed by atoms with Crippen molar-refractivity contribution in [1.29, 1.82) is 0 Å². The van der Waals surface area contributed by atoms with E-state index in [1.165, 1.54) is 23.2 Å². The fourth-order valence-corrected chi connectivity index (χ4v) is 4.42. The van der Waals surface area contributed by atoms with Crippen molar-refractivity contribution in [3.63, 3.8) is 0 Å². The van der Waals surface area contributed by atoms with E-state index in [1.54, 1.807) is 18.7 Å². The Morgan fingerprint density at radius 1 is 1.12 bits per heavy atom. The van der Waals surface area contributed by atoms with Crippen LogP contribution in [0.1, 0.15) is 24.2 Å². The molecular weight excluding hydrogens is 346 g/mol. The molecule has 1 aliphatic rings. The molecule has 0 saturated carbocycles. The molecule has 1 fully saturated rings. The van der Waals surface area contributed by atoms with Crippen molar-refractivity contribution in [3.8, 4) is 0 Å². The smallest absolute Gasteiger partial charge is 0.255 e. The van der Waals surface area contributed by atoms with E-state index in [0.717, 1.165) is 0 Å². The second kappa shape index (κ2) is 7.81. The van der Waals surface area contributed by atoms with Crippen LogP contribution in [0.3, 0.4) is 0 Å². The van der Waals surface area contributed by atoms with Crippen LogP contribution in [0.5, 0.6) is 0 Å². The molecule has 0 unspecified atom stereocenters. The maximum absolute atomic E-state index is 12.3. The number of H-pyrrole nitrogens is 1. The first-order chi connectivity index (χ1) is 11.7. The molecule has 0 spiro atoms. The quantitative estimate of drug-likeness (QED) is 0.769. The van der Waals surface area contributed by atoms with Crippen LogP contribution in [0.4, 0.5) is 0 Å². The van der Waals surface area contributed by atoms with Crippen molar-refractivity contribution >= 4 is 21.7 Å². The van der Waals surface area contributed by atoms with E-state index in [2.05, 4.69) is 4.98 Å². The SMILES string of the molecule is CC(C)CS(=O)(=O)CC(=O)N1CCN(C(=O)c2ccc(=O)[nH]c2)CC1. The molecule has 2 amide bonds.